The molecular formula is C18H15NO3. The van der Waals surface area contributed by atoms with Gasteiger partial charge in [0.2, 0.25) is 5.89 Å². The van der Waals surface area contributed by atoms with Crippen molar-refractivity contribution in [1.82, 2.24) is 4.98 Å². The topological polar surface area (TPSA) is 52.3 Å². The maximum absolute atomic E-state index is 12.2. The van der Waals surface area contributed by atoms with E-state index in [1.807, 2.05) is 49.4 Å². The molecule has 0 aliphatic heterocycles. The normalized spacial score (nSPS) is 10.5. The lowest BCUT2D eigenvalue weighted by Crippen LogP contribution is -2.10. The number of benzene rings is 2. The average molecular weight is 293 g/mol. The number of carbonyl (C=O) groups is 1. The molecule has 4 nitrogen and oxygen atoms in total. The third-order valence-electron chi connectivity index (χ3n) is 3.21. The first-order chi connectivity index (χ1) is 10.6. The van der Waals surface area contributed by atoms with Gasteiger partial charge in [0.05, 0.1) is 0 Å². The van der Waals surface area contributed by atoms with E-state index in [0.29, 0.717) is 17.4 Å². The molecule has 0 spiro atoms. The summed E-state index contributed by atoms with van der Waals surface area (Å²) in [5.74, 6) is 0.827. The van der Waals surface area contributed by atoms with E-state index < -0.39 is 5.97 Å². The maximum Gasteiger partial charge on any atom is 0.366 e. The number of oxazole rings is 1. The van der Waals surface area contributed by atoms with Crippen LogP contribution in [0.5, 0.6) is 5.75 Å². The number of aryl methyl sites for hydroxylation is 2. The fourth-order valence-corrected chi connectivity index (χ4v) is 2.12. The summed E-state index contributed by atoms with van der Waals surface area (Å²) >= 11 is 0. The number of esters is 1. The van der Waals surface area contributed by atoms with E-state index in [2.05, 4.69) is 4.98 Å². The smallest absolute Gasteiger partial charge is 0.366 e. The van der Waals surface area contributed by atoms with Crippen LogP contribution in [0.15, 0.2) is 59.0 Å². The number of rotatable bonds is 3. The van der Waals surface area contributed by atoms with Crippen molar-refractivity contribution in [2.45, 2.75) is 13.8 Å². The number of ether oxygens (including phenoxy) is 1. The van der Waals surface area contributed by atoms with Crippen LogP contribution in [0, 0.1) is 13.8 Å². The van der Waals surface area contributed by atoms with E-state index in [4.69, 9.17) is 9.15 Å². The van der Waals surface area contributed by atoms with Crippen LogP contribution in [-0.2, 0) is 0 Å². The fourth-order valence-electron chi connectivity index (χ4n) is 2.12. The molecule has 0 unspecified atom stereocenters. The molecule has 3 aromatic rings. The first kappa shape index (κ1) is 14.1. The molecule has 0 aliphatic carbocycles. The van der Waals surface area contributed by atoms with Gasteiger partial charge in [-0.15, -0.1) is 0 Å². The molecule has 0 atom stereocenters. The minimum absolute atomic E-state index is 0.195. The Bertz CT molecular complexity index is 806. The lowest BCUT2D eigenvalue weighted by Gasteiger charge is -2.02. The first-order valence-electron chi connectivity index (χ1n) is 6.95. The molecule has 0 bridgehead atoms. The zero-order valence-electron chi connectivity index (χ0n) is 12.4. The van der Waals surface area contributed by atoms with Gasteiger partial charge in [-0.05, 0) is 43.7 Å². The SMILES string of the molecule is Cc1cccc(OC(=O)c2nc(-c3ccccc3)oc2C)c1. The highest BCUT2D eigenvalue weighted by molar-refractivity contribution is 5.90. The summed E-state index contributed by atoms with van der Waals surface area (Å²) < 4.78 is 10.9. The first-order valence-corrected chi connectivity index (χ1v) is 6.95. The Morgan fingerprint density at radius 1 is 1.05 bits per heavy atom. The number of nitrogens with zero attached hydrogens (tertiary/aromatic N) is 1. The van der Waals surface area contributed by atoms with Gasteiger partial charge in [0.25, 0.3) is 0 Å². The second-order valence-corrected chi connectivity index (χ2v) is 5.00. The molecule has 4 heteroatoms. The summed E-state index contributed by atoms with van der Waals surface area (Å²) in [6.45, 7) is 3.64. The van der Waals surface area contributed by atoms with Gasteiger partial charge in [0, 0.05) is 5.56 Å². The number of hydrogen-bond acceptors (Lipinski definition) is 4. The van der Waals surface area contributed by atoms with Crippen LogP contribution in [-0.4, -0.2) is 11.0 Å². The standard InChI is InChI=1S/C18H15NO3/c1-12-7-6-10-15(11-12)22-18(20)16-13(2)21-17(19-16)14-8-4-3-5-9-14/h3-11H,1-2H3. The summed E-state index contributed by atoms with van der Waals surface area (Å²) in [5.41, 5.74) is 2.03. The monoisotopic (exact) mass is 293 g/mol. The predicted molar refractivity (Wildman–Crippen MR) is 82.8 cm³/mol. The Hall–Kier alpha value is -2.88. The Balaban J connectivity index is 1.86. The van der Waals surface area contributed by atoms with Gasteiger partial charge in [-0.2, -0.15) is 0 Å². The lowest BCUT2D eigenvalue weighted by atomic mass is 10.2. The Kier molecular flexibility index (Phi) is 3.74. The van der Waals surface area contributed by atoms with E-state index in [1.54, 1.807) is 19.1 Å². The van der Waals surface area contributed by atoms with Crippen LogP contribution in [0.4, 0.5) is 0 Å². The third-order valence-corrected chi connectivity index (χ3v) is 3.21. The molecule has 1 aromatic heterocycles. The van der Waals surface area contributed by atoms with Crippen LogP contribution < -0.4 is 4.74 Å². The average Bonchev–Trinajstić information content (AvgIpc) is 2.90. The molecule has 3 rings (SSSR count). The van der Waals surface area contributed by atoms with E-state index in [0.717, 1.165) is 11.1 Å². The summed E-state index contributed by atoms with van der Waals surface area (Å²) in [7, 11) is 0. The summed E-state index contributed by atoms with van der Waals surface area (Å²) in [5, 5.41) is 0. The van der Waals surface area contributed by atoms with Crippen molar-refractivity contribution < 1.29 is 13.9 Å². The van der Waals surface area contributed by atoms with E-state index in [9.17, 15) is 4.79 Å². The zero-order valence-corrected chi connectivity index (χ0v) is 12.4. The van der Waals surface area contributed by atoms with Crippen LogP contribution in [0.25, 0.3) is 11.5 Å². The van der Waals surface area contributed by atoms with Crippen molar-refractivity contribution in [3.63, 3.8) is 0 Å². The molecule has 0 saturated heterocycles. The van der Waals surface area contributed by atoms with Crippen LogP contribution in [0.3, 0.4) is 0 Å². The number of aromatic nitrogens is 1. The van der Waals surface area contributed by atoms with Gasteiger partial charge in [0.1, 0.15) is 11.5 Å². The molecular weight excluding hydrogens is 278 g/mol. The highest BCUT2D eigenvalue weighted by Gasteiger charge is 2.20. The Morgan fingerprint density at radius 2 is 1.82 bits per heavy atom. The fraction of sp³-hybridized carbons (Fsp3) is 0.111. The molecule has 0 saturated carbocycles. The Labute approximate surface area is 128 Å². The van der Waals surface area contributed by atoms with Crippen LogP contribution in [0.2, 0.25) is 0 Å². The van der Waals surface area contributed by atoms with E-state index in [-0.39, 0.29) is 5.69 Å². The predicted octanol–water partition coefficient (Wildman–Crippen LogP) is 4.18. The zero-order chi connectivity index (χ0) is 15.5. The van der Waals surface area contributed by atoms with Crippen molar-refractivity contribution >= 4 is 5.97 Å². The number of carbonyl (C=O) groups excluding carboxylic acids is 1. The number of hydrogen-bond donors (Lipinski definition) is 0. The van der Waals surface area contributed by atoms with Crippen molar-refractivity contribution in [2.24, 2.45) is 0 Å². The molecule has 0 radical (unpaired) electrons. The van der Waals surface area contributed by atoms with Crippen molar-refractivity contribution in [3.05, 3.63) is 71.6 Å². The summed E-state index contributed by atoms with van der Waals surface area (Å²) in [6, 6.07) is 16.7. The molecule has 2 aromatic carbocycles. The molecule has 0 amide bonds. The summed E-state index contributed by atoms with van der Waals surface area (Å²) in [6.07, 6.45) is 0. The lowest BCUT2D eigenvalue weighted by molar-refractivity contribution is 0.0727. The van der Waals surface area contributed by atoms with E-state index >= 15 is 0 Å². The van der Waals surface area contributed by atoms with Gasteiger partial charge in [-0.1, -0.05) is 30.3 Å². The minimum Gasteiger partial charge on any atom is -0.441 e. The maximum atomic E-state index is 12.2. The van der Waals surface area contributed by atoms with Gasteiger partial charge < -0.3 is 9.15 Å². The van der Waals surface area contributed by atoms with Gasteiger partial charge >= 0.3 is 5.97 Å². The Morgan fingerprint density at radius 3 is 2.55 bits per heavy atom. The van der Waals surface area contributed by atoms with Crippen molar-refractivity contribution in [2.75, 3.05) is 0 Å². The minimum atomic E-state index is -0.519. The molecule has 0 aliphatic rings. The third kappa shape index (κ3) is 2.91. The van der Waals surface area contributed by atoms with Gasteiger partial charge in [-0.3, -0.25) is 0 Å². The summed E-state index contributed by atoms with van der Waals surface area (Å²) in [4.78, 5) is 16.5. The van der Waals surface area contributed by atoms with Gasteiger partial charge in [0.15, 0.2) is 5.69 Å². The van der Waals surface area contributed by atoms with Crippen molar-refractivity contribution in [3.8, 4) is 17.2 Å². The highest BCUT2D eigenvalue weighted by atomic mass is 16.5. The second-order valence-electron chi connectivity index (χ2n) is 5.00. The molecule has 22 heavy (non-hydrogen) atoms. The highest BCUT2D eigenvalue weighted by Crippen LogP contribution is 2.22. The van der Waals surface area contributed by atoms with Crippen molar-refractivity contribution in [1.29, 1.82) is 0 Å². The van der Waals surface area contributed by atoms with Crippen LogP contribution >= 0.6 is 0 Å². The molecule has 1 heterocycles. The van der Waals surface area contributed by atoms with Crippen LogP contribution in [0.1, 0.15) is 21.8 Å². The molecule has 110 valence electrons. The molecule has 0 N–H and O–H groups in total. The quantitative estimate of drug-likeness (QED) is 0.537. The molecule has 0 fully saturated rings. The van der Waals surface area contributed by atoms with E-state index in [1.165, 1.54) is 0 Å². The largest absolute Gasteiger partial charge is 0.441 e. The van der Waals surface area contributed by atoms with Gasteiger partial charge in [-0.25, -0.2) is 9.78 Å². The second kappa shape index (κ2) is 5.85.